The number of halogens is 1. The van der Waals surface area contributed by atoms with Gasteiger partial charge in [0.25, 0.3) is 11.8 Å². The minimum Gasteiger partial charge on any atom is -0.497 e. The predicted molar refractivity (Wildman–Crippen MR) is 99.6 cm³/mol. The van der Waals surface area contributed by atoms with Crippen LogP contribution in [0.15, 0.2) is 48.5 Å². The van der Waals surface area contributed by atoms with Crippen LogP contribution in [0.25, 0.3) is 0 Å². The van der Waals surface area contributed by atoms with Crippen molar-refractivity contribution in [1.82, 2.24) is 10.6 Å². The molecule has 0 spiro atoms. The van der Waals surface area contributed by atoms with Crippen LogP contribution in [0.3, 0.4) is 0 Å². The molecular formula is C19H19ClN2O5. The number of ether oxygens (including phenoxy) is 2. The lowest BCUT2D eigenvalue weighted by Gasteiger charge is -2.08. The van der Waals surface area contributed by atoms with Gasteiger partial charge in [-0.3, -0.25) is 14.4 Å². The molecule has 2 rings (SSSR count). The van der Waals surface area contributed by atoms with Gasteiger partial charge in [-0.1, -0.05) is 29.8 Å². The summed E-state index contributed by atoms with van der Waals surface area (Å²) < 4.78 is 9.86. The van der Waals surface area contributed by atoms with Crippen LogP contribution < -0.4 is 15.4 Å². The molecule has 2 N–H and O–H groups in total. The van der Waals surface area contributed by atoms with Crippen LogP contribution in [-0.4, -0.2) is 38.0 Å². The number of carbonyl (C=O) groups excluding carboxylic acids is 3. The van der Waals surface area contributed by atoms with Gasteiger partial charge in [0.1, 0.15) is 12.3 Å². The second-order valence-corrected chi connectivity index (χ2v) is 5.91. The van der Waals surface area contributed by atoms with Crippen molar-refractivity contribution >= 4 is 29.4 Å². The van der Waals surface area contributed by atoms with E-state index in [4.69, 9.17) is 21.1 Å². The number of rotatable bonds is 8. The number of methoxy groups -OCH3 is 1. The normalized spacial score (nSPS) is 10.0. The highest BCUT2D eigenvalue weighted by Gasteiger charge is 2.11. The molecule has 0 atom stereocenters. The number of esters is 1. The Hall–Kier alpha value is -3.06. The largest absolute Gasteiger partial charge is 0.497 e. The zero-order chi connectivity index (χ0) is 19.6. The van der Waals surface area contributed by atoms with Gasteiger partial charge in [0.05, 0.1) is 7.11 Å². The molecule has 8 heteroatoms. The Morgan fingerprint density at radius 1 is 1.04 bits per heavy atom. The van der Waals surface area contributed by atoms with E-state index in [0.29, 0.717) is 22.9 Å². The maximum Gasteiger partial charge on any atom is 0.325 e. The van der Waals surface area contributed by atoms with Crippen molar-refractivity contribution in [3.05, 3.63) is 64.7 Å². The van der Waals surface area contributed by atoms with Crippen molar-refractivity contribution in [2.75, 3.05) is 20.3 Å². The standard InChI is InChI=1S/C19H19ClN2O5/c1-26-16-4-2-3-14(9-16)19(25)22-11-18(24)27-12-17(23)21-10-13-5-7-15(20)8-6-13/h2-9H,10-12H2,1H3,(H,21,23)(H,22,25). The molecule has 0 aliphatic rings. The van der Waals surface area contributed by atoms with Crippen LogP contribution in [0.1, 0.15) is 15.9 Å². The highest BCUT2D eigenvalue weighted by Crippen LogP contribution is 2.12. The average Bonchev–Trinajstić information content (AvgIpc) is 2.70. The summed E-state index contributed by atoms with van der Waals surface area (Å²) in [5.74, 6) is -1.08. The Morgan fingerprint density at radius 2 is 1.78 bits per heavy atom. The van der Waals surface area contributed by atoms with Crippen molar-refractivity contribution < 1.29 is 23.9 Å². The fraction of sp³-hybridized carbons (Fsp3) is 0.211. The molecule has 2 amide bonds. The lowest BCUT2D eigenvalue weighted by molar-refractivity contribution is -0.147. The van der Waals surface area contributed by atoms with Crippen molar-refractivity contribution in [2.24, 2.45) is 0 Å². The molecule has 0 bridgehead atoms. The highest BCUT2D eigenvalue weighted by atomic mass is 35.5. The van der Waals surface area contributed by atoms with Gasteiger partial charge in [-0.25, -0.2) is 0 Å². The maximum atomic E-state index is 12.0. The molecule has 0 unspecified atom stereocenters. The number of carbonyl (C=O) groups is 3. The van der Waals surface area contributed by atoms with Crippen molar-refractivity contribution in [1.29, 1.82) is 0 Å². The lowest BCUT2D eigenvalue weighted by atomic mass is 10.2. The molecule has 0 fully saturated rings. The first kappa shape index (κ1) is 20.3. The Balaban J connectivity index is 1.68. The van der Waals surface area contributed by atoms with E-state index in [9.17, 15) is 14.4 Å². The van der Waals surface area contributed by atoms with Gasteiger partial charge in [0, 0.05) is 17.1 Å². The topological polar surface area (TPSA) is 93.7 Å². The third-order valence-corrected chi connectivity index (χ3v) is 3.74. The molecule has 0 heterocycles. The van der Waals surface area contributed by atoms with Gasteiger partial charge in [-0.05, 0) is 35.9 Å². The molecule has 2 aromatic rings. The van der Waals surface area contributed by atoms with Gasteiger partial charge >= 0.3 is 5.97 Å². The van der Waals surface area contributed by atoms with E-state index in [1.165, 1.54) is 7.11 Å². The van der Waals surface area contributed by atoms with Crippen molar-refractivity contribution in [3.63, 3.8) is 0 Å². The van der Waals surface area contributed by atoms with E-state index < -0.39 is 24.4 Å². The average molecular weight is 391 g/mol. The number of nitrogens with one attached hydrogen (secondary N) is 2. The van der Waals surface area contributed by atoms with Gasteiger partial charge in [-0.2, -0.15) is 0 Å². The number of hydrogen-bond donors (Lipinski definition) is 2. The molecular weight excluding hydrogens is 372 g/mol. The summed E-state index contributed by atoms with van der Waals surface area (Å²) in [5.41, 5.74) is 1.22. The van der Waals surface area contributed by atoms with E-state index in [-0.39, 0.29) is 6.54 Å². The first-order valence-electron chi connectivity index (χ1n) is 8.07. The van der Waals surface area contributed by atoms with Gasteiger partial charge in [-0.15, -0.1) is 0 Å². The second-order valence-electron chi connectivity index (χ2n) is 5.48. The van der Waals surface area contributed by atoms with Crippen molar-refractivity contribution in [2.45, 2.75) is 6.54 Å². The fourth-order valence-corrected chi connectivity index (χ4v) is 2.20. The lowest BCUT2D eigenvalue weighted by Crippen LogP contribution is -2.33. The fourth-order valence-electron chi connectivity index (χ4n) is 2.07. The maximum absolute atomic E-state index is 12.0. The monoisotopic (exact) mass is 390 g/mol. The quantitative estimate of drug-likeness (QED) is 0.672. The number of amides is 2. The second kappa shape index (κ2) is 10.2. The number of benzene rings is 2. The van der Waals surface area contributed by atoms with E-state index in [0.717, 1.165) is 5.56 Å². The first-order valence-corrected chi connectivity index (χ1v) is 8.44. The van der Waals surface area contributed by atoms with E-state index >= 15 is 0 Å². The Morgan fingerprint density at radius 3 is 2.48 bits per heavy atom. The van der Waals surface area contributed by atoms with E-state index in [1.54, 1.807) is 48.5 Å². The molecule has 2 aromatic carbocycles. The molecule has 0 radical (unpaired) electrons. The summed E-state index contributed by atoms with van der Waals surface area (Å²) >= 11 is 5.78. The Labute approximate surface area is 161 Å². The zero-order valence-corrected chi connectivity index (χ0v) is 15.4. The molecule has 0 aliphatic carbocycles. The molecule has 0 saturated carbocycles. The summed E-state index contributed by atoms with van der Waals surface area (Å²) in [6.07, 6.45) is 0. The first-order chi connectivity index (χ1) is 13.0. The van der Waals surface area contributed by atoms with Crippen LogP contribution in [0.5, 0.6) is 5.75 Å². The van der Waals surface area contributed by atoms with Gasteiger partial charge in [0.15, 0.2) is 6.61 Å². The summed E-state index contributed by atoms with van der Waals surface area (Å²) in [5, 5.41) is 5.65. The summed E-state index contributed by atoms with van der Waals surface area (Å²) in [6, 6.07) is 13.5. The van der Waals surface area contributed by atoms with Crippen LogP contribution in [-0.2, 0) is 20.9 Å². The van der Waals surface area contributed by atoms with Crippen LogP contribution in [0.4, 0.5) is 0 Å². The summed E-state index contributed by atoms with van der Waals surface area (Å²) in [6.45, 7) is -0.484. The van der Waals surface area contributed by atoms with Crippen LogP contribution in [0.2, 0.25) is 5.02 Å². The third kappa shape index (κ3) is 6.99. The number of hydrogen-bond acceptors (Lipinski definition) is 5. The van der Waals surface area contributed by atoms with Crippen molar-refractivity contribution in [3.8, 4) is 5.75 Å². The molecule has 0 aliphatic heterocycles. The minimum absolute atomic E-state index is 0.292. The minimum atomic E-state index is -0.715. The molecule has 142 valence electrons. The summed E-state index contributed by atoms with van der Waals surface area (Å²) in [7, 11) is 1.49. The van der Waals surface area contributed by atoms with Gasteiger partial charge in [0.2, 0.25) is 0 Å². The van der Waals surface area contributed by atoms with Crippen LogP contribution in [0, 0.1) is 0 Å². The molecule has 7 nitrogen and oxygen atoms in total. The highest BCUT2D eigenvalue weighted by molar-refractivity contribution is 6.30. The van der Waals surface area contributed by atoms with E-state index in [1.807, 2.05) is 0 Å². The van der Waals surface area contributed by atoms with E-state index in [2.05, 4.69) is 10.6 Å². The zero-order valence-electron chi connectivity index (χ0n) is 14.7. The SMILES string of the molecule is COc1cccc(C(=O)NCC(=O)OCC(=O)NCc2ccc(Cl)cc2)c1. The third-order valence-electron chi connectivity index (χ3n) is 3.49. The van der Waals surface area contributed by atoms with Crippen LogP contribution >= 0.6 is 11.6 Å². The smallest absolute Gasteiger partial charge is 0.325 e. The van der Waals surface area contributed by atoms with Gasteiger partial charge < -0.3 is 20.1 Å². The Kier molecular flexibility index (Phi) is 7.63. The summed E-state index contributed by atoms with van der Waals surface area (Å²) in [4.78, 5) is 35.3. The molecule has 0 saturated heterocycles. The predicted octanol–water partition coefficient (Wildman–Crippen LogP) is 1.94. The Bertz CT molecular complexity index is 808. The molecule has 0 aromatic heterocycles. The molecule has 27 heavy (non-hydrogen) atoms.